The van der Waals surface area contributed by atoms with Gasteiger partial charge < -0.3 is 5.32 Å². The fourth-order valence-electron chi connectivity index (χ4n) is 2.72. The molecule has 0 saturated carbocycles. The standard InChI is InChI=1S/C17H18F2N4O2/c1-10-2-4-11(5-3-10)17(25)21-12-6-7-14(20-9-12)23-15(24)8-13(22-23)16(18)19/h4,6-7,9-10,16H,2-3,5,8H2,1H3,(H,21,25). The van der Waals surface area contributed by atoms with Crippen molar-refractivity contribution < 1.29 is 18.4 Å². The molecule has 0 fully saturated rings. The van der Waals surface area contributed by atoms with Crippen LogP contribution in [-0.2, 0) is 9.59 Å². The zero-order valence-electron chi connectivity index (χ0n) is 13.7. The summed E-state index contributed by atoms with van der Waals surface area (Å²) in [5.74, 6) is 0.0105. The predicted molar refractivity (Wildman–Crippen MR) is 89.5 cm³/mol. The number of hydrogen-bond acceptors (Lipinski definition) is 4. The van der Waals surface area contributed by atoms with Gasteiger partial charge in [0.25, 0.3) is 18.2 Å². The fourth-order valence-corrected chi connectivity index (χ4v) is 2.72. The number of rotatable bonds is 4. The first-order chi connectivity index (χ1) is 11.9. The van der Waals surface area contributed by atoms with E-state index in [2.05, 4.69) is 22.3 Å². The largest absolute Gasteiger partial charge is 0.321 e. The highest BCUT2D eigenvalue weighted by atomic mass is 19.3. The lowest BCUT2D eigenvalue weighted by atomic mass is 9.91. The van der Waals surface area contributed by atoms with Crippen molar-refractivity contribution in [3.05, 3.63) is 30.0 Å². The van der Waals surface area contributed by atoms with Crippen molar-refractivity contribution >= 4 is 29.0 Å². The average Bonchev–Trinajstić information content (AvgIpc) is 2.98. The number of carbonyl (C=O) groups is 2. The molecule has 8 heteroatoms. The van der Waals surface area contributed by atoms with Crippen molar-refractivity contribution in [1.82, 2.24) is 4.98 Å². The Balaban J connectivity index is 1.67. The van der Waals surface area contributed by atoms with Crippen LogP contribution < -0.4 is 10.3 Å². The predicted octanol–water partition coefficient (Wildman–Crippen LogP) is 3.12. The third-order valence-electron chi connectivity index (χ3n) is 4.24. The summed E-state index contributed by atoms with van der Waals surface area (Å²) in [5.41, 5.74) is 0.753. The Morgan fingerprint density at radius 3 is 2.76 bits per heavy atom. The molecule has 25 heavy (non-hydrogen) atoms. The van der Waals surface area contributed by atoms with Gasteiger partial charge in [0, 0.05) is 5.57 Å². The maximum absolute atomic E-state index is 12.6. The number of nitrogens with one attached hydrogen (secondary N) is 1. The lowest BCUT2D eigenvalue weighted by molar-refractivity contribution is -0.117. The summed E-state index contributed by atoms with van der Waals surface area (Å²) in [7, 11) is 0. The van der Waals surface area contributed by atoms with Crippen molar-refractivity contribution in [2.45, 2.75) is 39.0 Å². The first kappa shape index (κ1) is 17.2. The smallest absolute Gasteiger partial charge is 0.278 e. The molecule has 132 valence electrons. The van der Waals surface area contributed by atoms with Crippen LogP contribution >= 0.6 is 0 Å². The van der Waals surface area contributed by atoms with Gasteiger partial charge in [0.15, 0.2) is 5.82 Å². The Bertz CT molecular complexity index is 744. The third-order valence-corrected chi connectivity index (χ3v) is 4.24. The van der Waals surface area contributed by atoms with E-state index >= 15 is 0 Å². The van der Waals surface area contributed by atoms with Gasteiger partial charge in [-0.2, -0.15) is 10.1 Å². The van der Waals surface area contributed by atoms with Gasteiger partial charge in [0.05, 0.1) is 18.3 Å². The Morgan fingerprint density at radius 2 is 2.20 bits per heavy atom. The minimum Gasteiger partial charge on any atom is -0.321 e. The van der Waals surface area contributed by atoms with E-state index in [9.17, 15) is 18.4 Å². The van der Waals surface area contributed by atoms with Crippen molar-refractivity contribution in [3.63, 3.8) is 0 Å². The van der Waals surface area contributed by atoms with Crippen LogP contribution in [0.3, 0.4) is 0 Å². The maximum atomic E-state index is 12.6. The second kappa shape index (κ2) is 7.08. The van der Waals surface area contributed by atoms with Gasteiger partial charge in [0.2, 0.25) is 0 Å². The number of amides is 2. The van der Waals surface area contributed by atoms with Crippen LogP contribution in [0.5, 0.6) is 0 Å². The van der Waals surface area contributed by atoms with Crippen LogP contribution in [0, 0.1) is 5.92 Å². The molecule has 1 aliphatic heterocycles. The molecule has 1 aromatic rings. The third kappa shape index (κ3) is 3.89. The molecule has 3 rings (SSSR count). The Kier molecular flexibility index (Phi) is 4.87. The van der Waals surface area contributed by atoms with Crippen molar-refractivity contribution in [1.29, 1.82) is 0 Å². The topological polar surface area (TPSA) is 74.7 Å². The second-order valence-corrected chi connectivity index (χ2v) is 6.24. The van der Waals surface area contributed by atoms with Crippen molar-refractivity contribution in [2.24, 2.45) is 11.0 Å². The Morgan fingerprint density at radius 1 is 1.40 bits per heavy atom. The van der Waals surface area contributed by atoms with Gasteiger partial charge in [-0.1, -0.05) is 13.0 Å². The van der Waals surface area contributed by atoms with E-state index in [1.165, 1.54) is 12.3 Å². The summed E-state index contributed by atoms with van der Waals surface area (Å²) in [5, 5.41) is 7.21. The highest BCUT2D eigenvalue weighted by molar-refractivity contribution is 6.13. The second-order valence-electron chi connectivity index (χ2n) is 6.24. The van der Waals surface area contributed by atoms with Crippen LogP contribution in [-0.4, -0.2) is 28.9 Å². The number of hydrazone groups is 1. The number of hydrogen-bond donors (Lipinski definition) is 1. The van der Waals surface area contributed by atoms with Gasteiger partial charge in [-0.15, -0.1) is 0 Å². The van der Waals surface area contributed by atoms with E-state index < -0.39 is 24.5 Å². The average molecular weight is 348 g/mol. The summed E-state index contributed by atoms with van der Waals surface area (Å²) in [6.07, 6.45) is 2.77. The van der Waals surface area contributed by atoms with E-state index in [0.717, 1.165) is 29.8 Å². The van der Waals surface area contributed by atoms with Crippen molar-refractivity contribution in [2.75, 3.05) is 10.3 Å². The highest BCUT2D eigenvalue weighted by Crippen LogP contribution is 2.25. The molecule has 0 aromatic carbocycles. The molecule has 1 aromatic heterocycles. The van der Waals surface area contributed by atoms with E-state index in [-0.39, 0.29) is 11.7 Å². The molecule has 1 N–H and O–H groups in total. The molecule has 1 atom stereocenters. The molecule has 1 aliphatic carbocycles. The highest BCUT2D eigenvalue weighted by Gasteiger charge is 2.30. The molecule has 2 amide bonds. The SMILES string of the molecule is CC1CC=C(C(=O)Nc2ccc(N3N=C(C(F)F)CC3=O)nc2)CC1. The van der Waals surface area contributed by atoms with Gasteiger partial charge in [-0.25, -0.2) is 13.8 Å². The molecule has 1 unspecified atom stereocenters. The molecular weight excluding hydrogens is 330 g/mol. The molecule has 0 bridgehead atoms. The summed E-state index contributed by atoms with van der Waals surface area (Å²) in [4.78, 5) is 28.0. The van der Waals surface area contributed by atoms with Gasteiger partial charge in [0.1, 0.15) is 5.71 Å². The minimum absolute atomic E-state index is 0.143. The van der Waals surface area contributed by atoms with Gasteiger partial charge >= 0.3 is 0 Å². The van der Waals surface area contributed by atoms with Crippen LogP contribution in [0.25, 0.3) is 0 Å². The number of aromatic nitrogens is 1. The number of nitrogens with zero attached hydrogens (tertiary/aromatic N) is 3. The van der Waals surface area contributed by atoms with Crippen LogP contribution in [0.2, 0.25) is 0 Å². The number of carbonyl (C=O) groups excluding carboxylic acids is 2. The number of anilines is 2. The fraction of sp³-hybridized carbons (Fsp3) is 0.412. The summed E-state index contributed by atoms with van der Waals surface area (Å²) >= 11 is 0. The lowest BCUT2D eigenvalue weighted by Gasteiger charge is -2.17. The summed E-state index contributed by atoms with van der Waals surface area (Å²) in [6.45, 7) is 2.15. The quantitative estimate of drug-likeness (QED) is 0.908. The van der Waals surface area contributed by atoms with E-state index in [4.69, 9.17) is 0 Å². The minimum atomic E-state index is -2.76. The molecule has 0 saturated heterocycles. The molecule has 0 spiro atoms. The normalized spacial score (nSPS) is 20.6. The van der Waals surface area contributed by atoms with Crippen LogP contribution in [0.4, 0.5) is 20.3 Å². The van der Waals surface area contributed by atoms with Crippen LogP contribution in [0.1, 0.15) is 32.6 Å². The monoisotopic (exact) mass is 348 g/mol. The number of halogens is 2. The first-order valence-corrected chi connectivity index (χ1v) is 8.09. The van der Waals surface area contributed by atoms with Crippen LogP contribution in [0.15, 0.2) is 35.1 Å². The zero-order chi connectivity index (χ0) is 18.0. The van der Waals surface area contributed by atoms with Gasteiger partial charge in [-0.3, -0.25) is 9.59 Å². The molecule has 6 nitrogen and oxygen atoms in total. The first-order valence-electron chi connectivity index (χ1n) is 8.09. The van der Waals surface area contributed by atoms with E-state index in [1.807, 2.05) is 6.08 Å². The molecule has 0 radical (unpaired) electrons. The number of pyridine rings is 1. The lowest BCUT2D eigenvalue weighted by Crippen LogP contribution is -2.21. The van der Waals surface area contributed by atoms with Gasteiger partial charge in [-0.05, 0) is 37.3 Å². The molecule has 2 aliphatic rings. The molecular formula is C17H18F2N4O2. The Labute approximate surface area is 143 Å². The zero-order valence-corrected chi connectivity index (χ0v) is 13.7. The molecule has 2 heterocycles. The summed E-state index contributed by atoms with van der Waals surface area (Å²) in [6, 6.07) is 3.03. The number of alkyl halides is 2. The Hall–Kier alpha value is -2.64. The van der Waals surface area contributed by atoms with E-state index in [0.29, 0.717) is 11.6 Å². The number of allylic oxidation sites excluding steroid dienone is 1. The van der Waals surface area contributed by atoms with Crippen molar-refractivity contribution in [3.8, 4) is 0 Å². The maximum Gasteiger partial charge on any atom is 0.278 e. The van der Waals surface area contributed by atoms with E-state index in [1.54, 1.807) is 6.07 Å². The summed E-state index contributed by atoms with van der Waals surface area (Å²) < 4.78 is 25.3.